The zero-order valence-corrected chi connectivity index (χ0v) is 52.9. The molecule has 458 valence electrons. The summed E-state index contributed by atoms with van der Waals surface area (Å²) in [5.41, 5.74) is 0. The molecule has 0 aliphatic rings. The SMILES string of the molecule is CC/C=C\C/C=C\C/C=C\C/C=C\C/C=C\CCCCCCCCCCCCCCCCCCCCCCCC(=O)NC(CO)C(O)/C=C/CC/C=C/CC/C=C/CCCCCCCCCCCCCCCCCCCCCC. The van der Waals surface area contributed by atoms with Gasteiger partial charge in [0.15, 0.2) is 0 Å². The monoisotopic (exact) mass is 1100 g/mol. The predicted molar refractivity (Wildman–Crippen MR) is 354 cm³/mol. The Kier molecular flexibility index (Phi) is 67.2. The van der Waals surface area contributed by atoms with Crippen molar-refractivity contribution in [1.82, 2.24) is 5.32 Å². The summed E-state index contributed by atoms with van der Waals surface area (Å²) < 4.78 is 0. The minimum Gasteiger partial charge on any atom is -0.394 e. The molecule has 0 aromatic heterocycles. The molecule has 79 heavy (non-hydrogen) atoms. The Balaban J connectivity index is 3.50. The molecule has 0 spiro atoms. The molecule has 0 bridgehead atoms. The fraction of sp³-hybridized carbons (Fsp3) is 0.773. The first-order chi connectivity index (χ1) is 39.2. The van der Waals surface area contributed by atoms with Crippen LogP contribution >= 0.6 is 0 Å². The second-order valence-corrected chi connectivity index (χ2v) is 23.6. The smallest absolute Gasteiger partial charge is 0.220 e. The average Bonchev–Trinajstić information content (AvgIpc) is 3.45. The molecule has 0 aliphatic carbocycles. The van der Waals surface area contributed by atoms with E-state index in [-0.39, 0.29) is 12.5 Å². The van der Waals surface area contributed by atoms with Crippen molar-refractivity contribution < 1.29 is 15.0 Å². The van der Waals surface area contributed by atoms with Crippen molar-refractivity contribution in [3.8, 4) is 0 Å². The molecule has 1 amide bonds. The van der Waals surface area contributed by atoms with Gasteiger partial charge in [-0.05, 0) is 89.9 Å². The van der Waals surface area contributed by atoms with E-state index in [4.69, 9.17) is 0 Å². The summed E-state index contributed by atoms with van der Waals surface area (Å²) in [4.78, 5) is 12.5. The van der Waals surface area contributed by atoms with Gasteiger partial charge in [0.25, 0.3) is 0 Å². The predicted octanol–water partition coefficient (Wildman–Crippen LogP) is 24.0. The Morgan fingerprint density at radius 2 is 0.570 bits per heavy atom. The number of rotatable bonds is 64. The normalized spacial score (nSPS) is 13.3. The van der Waals surface area contributed by atoms with Crippen molar-refractivity contribution in [3.05, 3.63) is 97.2 Å². The Morgan fingerprint density at radius 1 is 0.316 bits per heavy atom. The van der Waals surface area contributed by atoms with Crippen LogP contribution in [-0.2, 0) is 4.79 Å². The lowest BCUT2D eigenvalue weighted by Crippen LogP contribution is -2.45. The molecular weight excluding hydrogens is 963 g/mol. The first-order valence-corrected chi connectivity index (χ1v) is 35.0. The van der Waals surface area contributed by atoms with Gasteiger partial charge in [0.2, 0.25) is 5.91 Å². The average molecular weight is 1100 g/mol. The number of allylic oxidation sites excluding steroid dienone is 15. The van der Waals surface area contributed by atoms with Crippen molar-refractivity contribution in [2.75, 3.05) is 6.61 Å². The van der Waals surface area contributed by atoms with Gasteiger partial charge in [-0.25, -0.2) is 0 Å². The maximum atomic E-state index is 12.5. The molecule has 4 heteroatoms. The van der Waals surface area contributed by atoms with Crippen molar-refractivity contribution in [2.24, 2.45) is 0 Å². The van der Waals surface area contributed by atoms with Crippen molar-refractivity contribution in [3.63, 3.8) is 0 Å². The van der Waals surface area contributed by atoms with E-state index in [0.29, 0.717) is 6.42 Å². The Morgan fingerprint density at radius 3 is 0.886 bits per heavy atom. The third-order valence-electron chi connectivity index (χ3n) is 15.8. The van der Waals surface area contributed by atoms with E-state index in [0.717, 1.165) is 70.6 Å². The number of hydrogen-bond acceptors (Lipinski definition) is 3. The quantitative estimate of drug-likeness (QED) is 0.0420. The number of aliphatic hydroxyl groups is 2. The molecule has 0 fully saturated rings. The molecule has 0 saturated carbocycles. The molecule has 2 atom stereocenters. The first-order valence-electron chi connectivity index (χ1n) is 35.0. The van der Waals surface area contributed by atoms with Crippen LogP contribution < -0.4 is 5.32 Å². The molecule has 0 saturated heterocycles. The van der Waals surface area contributed by atoms with Crippen LogP contribution in [0, 0.1) is 0 Å². The minimum atomic E-state index is -0.875. The lowest BCUT2D eigenvalue weighted by atomic mass is 10.0. The minimum absolute atomic E-state index is 0.0743. The zero-order chi connectivity index (χ0) is 56.9. The Bertz CT molecular complexity index is 1430. The van der Waals surface area contributed by atoms with Crippen LogP contribution in [0.2, 0.25) is 0 Å². The molecule has 0 heterocycles. The topological polar surface area (TPSA) is 69.6 Å². The van der Waals surface area contributed by atoms with Gasteiger partial charge < -0.3 is 15.5 Å². The van der Waals surface area contributed by atoms with E-state index >= 15 is 0 Å². The standard InChI is InChI=1S/C75H135NO3/c1-3-5-7-9-11-13-15-17-19-21-23-25-27-29-31-33-35-36-37-38-39-40-41-43-45-47-49-51-53-55-57-59-61-63-65-67-69-71-75(79)76-73(72-77)74(78)70-68-66-64-62-60-58-56-54-52-50-48-46-44-42-34-32-30-28-26-24-22-20-18-16-14-12-10-8-6-4-2/h5,7,11,13,17,19,23,25,29,31,52,54,60,62,68,70,73-74,77-78H,3-4,6,8-10,12,14-16,18,20-22,24,26-28,30,32-51,53,55-59,61,63-67,69,71-72H2,1-2H3,(H,76,79)/b7-5-,13-11-,19-17-,25-23-,31-29-,54-52+,62-60+,70-68+. The van der Waals surface area contributed by atoms with E-state index in [1.165, 1.54) is 263 Å². The van der Waals surface area contributed by atoms with Crippen LogP contribution in [0.1, 0.15) is 354 Å². The number of carbonyl (C=O) groups excluding carboxylic acids is 1. The second-order valence-electron chi connectivity index (χ2n) is 23.6. The Hall–Kier alpha value is -2.69. The van der Waals surface area contributed by atoms with Crippen molar-refractivity contribution in [2.45, 2.75) is 366 Å². The fourth-order valence-corrected chi connectivity index (χ4v) is 10.5. The van der Waals surface area contributed by atoms with Crippen LogP contribution in [0.15, 0.2) is 97.2 Å². The van der Waals surface area contributed by atoms with Crippen LogP contribution in [0.4, 0.5) is 0 Å². The highest BCUT2D eigenvalue weighted by Crippen LogP contribution is 2.18. The number of amides is 1. The highest BCUT2D eigenvalue weighted by molar-refractivity contribution is 5.76. The van der Waals surface area contributed by atoms with Crippen molar-refractivity contribution >= 4 is 5.91 Å². The molecule has 0 radical (unpaired) electrons. The second kappa shape index (κ2) is 69.6. The molecule has 2 unspecified atom stereocenters. The van der Waals surface area contributed by atoms with Gasteiger partial charge in [-0.1, -0.05) is 355 Å². The van der Waals surface area contributed by atoms with E-state index in [1.807, 2.05) is 6.08 Å². The lowest BCUT2D eigenvalue weighted by Gasteiger charge is -2.19. The summed E-state index contributed by atoms with van der Waals surface area (Å²) >= 11 is 0. The lowest BCUT2D eigenvalue weighted by molar-refractivity contribution is -0.123. The summed E-state index contributed by atoms with van der Waals surface area (Å²) in [6, 6.07) is -0.650. The van der Waals surface area contributed by atoms with Gasteiger partial charge in [-0.15, -0.1) is 0 Å². The third kappa shape index (κ3) is 66.0. The maximum absolute atomic E-state index is 12.5. The third-order valence-corrected chi connectivity index (χ3v) is 15.8. The largest absolute Gasteiger partial charge is 0.394 e. The number of hydrogen-bond donors (Lipinski definition) is 3. The van der Waals surface area contributed by atoms with Crippen LogP contribution in [0.5, 0.6) is 0 Å². The number of aliphatic hydroxyl groups excluding tert-OH is 2. The van der Waals surface area contributed by atoms with Gasteiger partial charge in [-0.2, -0.15) is 0 Å². The molecular formula is C75H135NO3. The van der Waals surface area contributed by atoms with Gasteiger partial charge >= 0.3 is 0 Å². The van der Waals surface area contributed by atoms with E-state index in [1.54, 1.807) is 6.08 Å². The highest BCUT2D eigenvalue weighted by Gasteiger charge is 2.18. The molecule has 0 rings (SSSR count). The molecule has 3 N–H and O–H groups in total. The fourth-order valence-electron chi connectivity index (χ4n) is 10.5. The van der Waals surface area contributed by atoms with Gasteiger partial charge in [0.1, 0.15) is 0 Å². The van der Waals surface area contributed by atoms with Gasteiger partial charge in [0.05, 0.1) is 18.8 Å². The summed E-state index contributed by atoms with van der Waals surface area (Å²) in [5, 5.41) is 23.3. The van der Waals surface area contributed by atoms with Crippen molar-refractivity contribution in [1.29, 1.82) is 0 Å². The highest BCUT2D eigenvalue weighted by atomic mass is 16.3. The summed E-state index contributed by atoms with van der Waals surface area (Å²) in [6.07, 6.45) is 104. The maximum Gasteiger partial charge on any atom is 0.220 e. The molecule has 0 aliphatic heterocycles. The number of unbranched alkanes of at least 4 members (excludes halogenated alkanes) is 43. The van der Waals surface area contributed by atoms with Crippen LogP contribution in [0.3, 0.4) is 0 Å². The van der Waals surface area contributed by atoms with E-state index in [2.05, 4.69) is 104 Å². The van der Waals surface area contributed by atoms with Crippen LogP contribution in [-0.4, -0.2) is 34.9 Å². The zero-order valence-electron chi connectivity index (χ0n) is 52.9. The molecule has 4 nitrogen and oxygen atoms in total. The summed E-state index contributed by atoms with van der Waals surface area (Å²) in [6.45, 7) is 4.21. The number of carbonyl (C=O) groups is 1. The summed E-state index contributed by atoms with van der Waals surface area (Å²) in [5.74, 6) is -0.0743. The molecule has 0 aromatic rings. The van der Waals surface area contributed by atoms with E-state index < -0.39 is 12.1 Å². The van der Waals surface area contributed by atoms with Gasteiger partial charge in [0, 0.05) is 6.42 Å². The Labute approximate surface area is 494 Å². The van der Waals surface area contributed by atoms with E-state index in [9.17, 15) is 15.0 Å². The first kappa shape index (κ1) is 76.3. The molecule has 0 aromatic carbocycles. The van der Waals surface area contributed by atoms with Gasteiger partial charge in [-0.3, -0.25) is 4.79 Å². The van der Waals surface area contributed by atoms with Crippen LogP contribution in [0.25, 0.3) is 0 Å². The summed E-state index contributed by atoms with van der Waals surface area (Å²) in [7, 11) is 0. The number of nitrogens with one attached hydrogen (secondary N) is 1.